The monoisotopic (exact) mass is 160 g/mol. The van der Waals surface area contributed by atoms with Crippen LogP contribution in [0.1, 0.15) is 12.7 Å². The Morgan fingerprint density at radius 2 is 2.40 bits per heavy atom. The van der Waals surface area contributed by atoms with Gasteiger partial charge in [-0.25, -0.2) is 0 Å². The maximum Gasteiger partial charge on any atom is 0.251 e. The zero-order valence-electron chi connectivity index (χ0n) is 5.94. The van der Waals surface area contributed by atoms with Gasteiger partial charge in [-0.1, -0.05) is 18.5 Å². The molecule has 56 valence electrons. The molecule has 0 aliphatic rings. The summed E-state index contributed by atoms with van der Waals surface area (Å²) in [5.74, 6) is 1.32. The largest absolute Gasteiger partial charge is 0.479 e. The lowest BCUT2D eigenvalue weighted by Gasteiger charge is -1.89. The van der Waals surface area contributed by atoms with Crippen LogP contribution in [0.5, 0.6) is 5.88 Å². The van der Waals surface area contributed by atoms with Gasteiger partial charge in [0.15, 0.2) is 5.15 Å². The number of imidazole rings is 1. The first-order chi connectivity index (χ1) is 4.77. The molecule has 0 aliphatic carbocycles. The molecule has 0 spiro atoms. The molecular formula is C6H9ClN2O. The van der Waals surface area contributed by atoms with E-state index >= 15 is 0 Å². The van der Waals surface area contributed by atoms with Gasteiger partial charge in [0.05, 0.1) is 7.11 Å². The molecule has 1 aromatic rings. The normalized spacial score (nSPS) is 9.90. The third kappa shape index (κ3) is 1.24. The zero-order valence-corrected chi connectivity index (χ0v) is 6.70. The Morgan fingerprint density at radius 1 is 1.70 bits per heavy atom. The lowest BCUT2D eigenvalue weighted by Crippen LogP contribution is -1.83. The van der Waals surface area contributed by atoms with E-state index in [9.17, 15) is 0 Å². The van der Waals surface area contributed by atoms with Crippen molar-refractivity contribution >= 4 is 11.6 Å². The predicted octanol–water partition coefficient (Wildman–Crippen LogP) is 1.63. The third-order valence-electron chi connectivity index (χ3n) is 1.21. The van der Waals surface area contributed by atoms with Crippen molar-refractivity contribution in [3.05, 3.63) is 11.0 Å². The van der Waals surface area contributed by atoms with Crippen molar-refractivity contribution in [2.45, 2.75) is 13.3 Å². The number of halogens is 1. The number of H-pyrrole nitrogens is 1. The van der Waals surface area contributed by atoms with E-state index < -0.39 is 0 Å². The van der Waals surface area contributed by atoms with E-state index in [-0.39, 0.29) is 0 Å². The second kappa shape index (κ2) is 2.92. The maximum absolute atomic E-state index is 5.68. The van der Waals surface area contributed by atoms with Crippen LogP contribution in [0.4, 0.5) is 0 Å². The van der Waals surface area contributed by atoms with Gasteiger partial charge in [-0.3, -0.25) is 0 Å². The molecule has 3 nitrogen and oxygen atoms in total. The summed E-state index contributed by atoms with van der Waals surface area (Å²) in [5, 5.41) is 0.472. The Labute approximate surface area is 64.4 Å². The van der Waals surface area contributed by atoms with Crippen LogP contribution in [-0.4, -0.2) is 17.1 Å². The highest BCUT2D eigenvalue weighted by molar-refractivity contribution is 6.30. The third-order valence-corrected chi connectivity index (χ3v) is 1.46. The first kappa shape index (κ1) is 7.41. The van der Waals surface area contributed by atoms with Gasteiger partial charge < -0.3 is 9.72 Å². The molecule has 1 aromatic heterocycles. The van der Waals surface area contributed by atoms with Gasteiger partial charge in [-0.15, -0.1) is 0 Å². The molecule has 4 heteroatoms. The molecule has 0 saturated carbocycles. The van der Waals surface area contributed by atoms with Gasteiger partial charge >= 0.3 is 0 Å². The number of rotatable bonds is 2. The molecule has 1 heterocycles. The molecule has 0 atom stereocenters. The van der Waals surface area contributed by atoms with Crippen LogP contribution in [0.25, 0.3) is 0 Å². The number of aryl methyl sites for hydroxylation is 1. The Balaban J connectivity index is 2.92. The quantitative estimate of drug-likeness (QED) is 0.714. The standard InChI is InChI=1S/C6H9ClN2O/c1-3-4-8-5(7)6(9-4)10-2/h3H2,1-2H3,(H,8,9). The maximum atomic E-state index is 5.68. The van der Waals surface area contributed by atoms with Gasteiger partial charge in [0.1, 0.15) is 5.82 Å². The smallest absolute Gasteiger partial charge is 0.251 e. The molecule has 0 aromatic carbocycles. The van der Waals surface area contributed by atoms with Gasteiger partial charge in [-0.2, -0.15) is 4.98 Å². The van der Waals surface area contributed by atoms with Crippen LogP contribution >= 0.6 is 11.6 Å². The Morgan fingerprint density at radius 3 is 2.70 bits per heavy atom. The minimum atomic E-state index is 0.471. The summed E-state index contributed by atoms with van der Waals surface area (Å²) in [6.45, 7) is 1.99. The average Bonchev–Trinajstić information content (AvgIpc) is 2.30. The summed E-state index contributed by atoms with van der Waals surface area (Å²) in [4.78, 5) is 6.91. The van der Waals surface area contributed by atoms with E-state index in [0.29, 0.717) is 11.0 Å². The van der Waals surface area contributed by atoms with Crippen LogP contribution in [0.15, 0.2) is 0 Å². The van der Waals surface area contributed by atoms with Crippen LogP contribution in [0.2, 0.25) is 5.15 Å². The van der Waals surface area contributed by atoms with Crippen molar-refractivity contribution in [2.75, 3.05) is 7.11 Å². The second-order valence-electron chi connectivity index (χ2n) is 1.86. The van der Waals surface area contributed by atoms with Gasteiger partial charge in [-0.05, 0) is 0 Å². The number of aromatic nitrogens is 2. The van der Waals surface area contributed by atoms with E-state index in [1.165, 1.54) is 0 Å². The van der Waals surface area contributed by atoms with E-state index in [0.717, 1.165) is 12.2 Å². The van der Waals surface area contributed by atoms with Crippen LogP contribution in [0.3, 0.4) is 0 Å². The second-order valence-corrected chi connectivity index (χ2v) is 2.24. The molecule has 0 unspecified atom stereocenters. The first-order valence-electron chi connectivity index (χ1n) is 3.06. The molecule has 0 bridgehead atoms. The van der Waals surface area contributed by atoms with Crippen LogP contribution < -0.4 is 4.74 Å². The Bertz CT molecular complexity index is 222. The van der Waals surface area contributed by atoms with Crippen molar-refractivity contribution < 1.29 is 4.74 Å². The van der Waals surface area contributed by atoms with Crippen molar-refractivity contribution in [1.82, 2.24) is 9.97 Å². The summed E-state index contributed by atoms with van der Waals surface area (Å²) in [6, 6.07) is 0. The summed E-state index contributed by atoms with van der Waals surface area (Å²) in [6.07, 6.45) is 0.836. The Hall–Kier alpha value is -0.700. The molecule has 0 amide bonds. The fourth-order valence-corrected chi connectivity index (χ4v) is 0.911. The summed E-state index contributed by atoms with van der Waals surface area (Å²) >= 11 is 5.68. The minimum absolute atomic E-state index is 0.471. The molecule has 0 aliphatic heterocycles. The number of aromatic amines is 1. The fraction of sp³-hybridized carbons (Fsp3) is 0.500. The van der Waals surface area contributed by atoms with Gasteiger partial charge in [0.2, 0.25) is 0 Å². The van der Waals surface area contributed by atoms with Crippen molar-refractivity contribution in [1.29, 1.82) is 0 Å². The average molecular weight is 161 g/mol. The first-order valence-corrected chi connectivity index (χ1v) is 3.44. The van der Waals surface area contributed by atoms with Crippen LogP contribution in [-0.2, 0) is 6.42 Å². The van der Waals surface area contributed by atoms with Gasteiger partial charge in [0, 0.05) is 6.42 Å². The summed E-state index contributed by atoms with van der Waals surface area (Å²) < 4.78 is 4.85. The minimum Gasteiger partial charge on any atom is -0.479 e. The molecule has 0 radical (unpaired) electrons. The lowest BCUT2D eigenvalue weighted by atomic mass is 10.5. The Kier molecular flexibility index (Phi) is 2.17. The highest BCUT2D eigenvalue weighted by Crippen LogP contribution is 2.19. The van der Waals surface area contributed by atoms with E-state index in [1.807, 2.05) is 6.92 Å². The molecule has 1 rings (SSSR count). The number of nitrogens with one attached hydrogen (secondary N) is 1. The number of nitrogens with zero attached hydrogens (tertiary/aromatic N) is 1. The highest BCUT2D eigenvalue weighted by atomic mass is 35.5. The van der Waals surface area contributed by atoms with Gasteiger partial charge in [0.25, 0.3) is 5.88 Å². The molecule has 0 fully saturated rings. The van der Waals surface area contributed by atoms with E-state index in [2.05, 4.69) is 9.97 Å². The number of hydrogen-bond acceptors (Lipinski definition) is 2. The topological polar surface area (TPSA) is 37.9 Å². The zero-order chi connectivity index (χ0) is 7.56. The molecular weight excluding hydrogens is 152 g/mol. The molecule has 1 N–H and O–H groups in total. The molecule has 0 saturated heterocycles. The van der Waals surface area contributed by atoms with Crippen molar-refractivity contribution in [3.63, 3.8) is 0 Å². The fourth-order valence-electron chi connectivity index (χ4n) is 0.682. The number of ether oxygens (including phenoxy) is 1. The lowest BCUT2D eigenvalue weighted by molar-refractivity contribution is 0.399. The highest BCUT2D eigenvalue weighted by Gasteiger charge is 2.05. The van der Waals surface area contributed by atoms with E-state index in [1.54, 1.807) is 7.11 Å². The predicted molar refractivity (Wildman–Crippen MR) is 39.5 cm³/mol. The summed E-state index contributed by atoms with van der Waals surface area (Å²) in [7, 11) is 1.54. The number of methoxy groups -OCH3 is 1. The summed E-state index contributed by atoms with van der Waals surface area (Å²) in [5.41, 5.74) is 0. The van der Waals surface area contributed by atoms with Crippen molar-refractivity contribution in [3.8, 4) is 5.88 Å². The SMILES string of the molecule is CCc1nc(OC)c(Cl)[nH]1. The van der Waals surface area contributed by atoms with Crippen LogP contribution in [0, 0.1) is 0 Å². The molecule has 10 heavy (non-hydrogen) atoms. The van der Waals surface area contributed by atoms with Crippen molar-refractivity contribution in [2.24, 2.45) is 0 Å². The van der Waals surface area contributed by atoms with E-state index in [4.69, 9.17) is 16.3 Å². The number of hydrogen-bond donors (Lipinski definition) is 1.